The summed E-state index contributed by atoms with van der Waals surface area (Å²) in [5.41, 5.74) is -5.53. The van der Waals surface area contributed by atoms with Gasteiger partial charge >= 0.3 is 15.6 Å². The molecule has 0 saturated heterocycles. The van der Waals surface area contributed by atoms with Crippen LogP contribution in [-0.2, 0) is 10.1 Å². The van der Waals surface area contributed by atoms with Gasteiger partial charge in [-0.3, -0.25) is 4.55 Å². The highest BCUT2D eigenvalue weighted by atomic mass is 32.2. The van der Waals surface area contributed by atoms with Gasteiger partial charge in [0.2, 0.25) is 0 Å². The zero-order valence-corrected chi connectivity index (χ0v) is 12.5. The Morgan fingerprint density at radius 2 is 1.05 bits per heavy atom. The van der Waals surface area contributed by atoms with E-state index in [1.165, 1.54) is 0 Å². The smallest absolute Gasteiger partial charge is 0.311 e. The monoisotopic (exact) mass is 328 g/mol. The number of alkyl halides is 3. The van der Waals surface area contributed by atoms with E-state index in [1.807, 2.05) is 24.3 Å². The van der Waals surface area contributed by atoms with Crippen LogP contribution in [-0.4, -0.2) is 49.1 Å². The summed E-state index contributed by atoms with van der Waals surface area (Å²) in [5, 5.41) is 0. The molecule has 122 valence electrons. The third kappa shape index (κ3) is 9.22. The van der Waals surface area contributed by atoms with Gasteiger partial charge in [0.05, 0.1) is 26.2 Å². The van der Waals surface area contributed by atoms with Crippen LogP contribution in [0.5, 0.6) is 0 Å². The molecule has 0 rings (SSSR count). The molecule has 0 heterocycles. The maximum absolute atomic E-state index is 10.7. The van der Waals surface area contributed by atoms with Crippen LogP contribution in [0.4, 0.5) is 13.2 Å². The number of hydrogen-bond donors (Lipinski definition) is 1. The molecule has 0 aromatic heterocycles. The quantitative estimate of drug-likeness (QED) is 0.323. The first-order chi connectivity index (χ1) is 9.49. The molecule has 8 heteroatoms. The molecule has 0 bridgehead atoms. The van der Waals surface area contributed by atoms with Crippen molar-refractivity contribution >= 4 is 10.1 Å². The lowest BCUT2D eigenvalue weighted by atomic mass is 10.3. The fourth-order valence-corrected chi connectivity index (χ4v) is 1.54. The van der Waals surface area contributed by atoms with Crippen LogP contribution in [0.15, 0.2) is 50.6 Å². The summed E-state index contributed by atoms with van der Waals surface area (Å²) in [5.74, 6) is 0. The van der Waals surface area contributed by atoms with Crippen molar-refractivity contribution in [2.45, 2.75) is 5.51 Å². The number of nitrogens with zero attached hydrogens (tertiary/aromatic N) is 1. The van der Waals surface area contributed by atoms with Crippen molar-refractivity contribution < 1.29 is 30.6 Å². The van der Waals surface area contributed by atoms with E-state index < -0.39 is 15.6 Å². The second-order valence-corrected chi connectivity index (χ2v) is 5.56. The Hall–Kier alpha value is -1.38. The standard InChI is InChI=1S/C12H20N.CHF3O3S/c1-5-9-13(10-6-2,11-7-3)12-8-4;2-1(3,4)8(5,6)7/h5-8H,1-4,9-12H2;(H,5,6,7)/q+1;. The van der Waals surface area contributed by atoms with Crippen molar-refractivity contribution in [1.29, 1.82) is 0 Å². The number of hydrogen-bond acceptors (Lipinski definition) is 2. The average molecular weight is 328 g/mol. The molecule has 0 unspecified atom stereocenters. The molecule has 0 aliphatic rings. The fraction of sp³-hybridized carbons (Fsp3) is 0.385. The van der Waals surface area contributed by atoms with E-state index in [0.717, 1.165) is 30.7 Å². The number of quaternary nitrogens is 1. The molecule has 0 spiro atoms. The first kappa shape index (κ1) is 21.9. The molecule has 0 saturated carbocycles. The Kier molecular flexibility index (Phi) is 9.95. The molecule has 0 aliphatic heterocycles. The van der Waals surface area contributed by atoms with Crippen LogP contribution in [0.2, 0.25) is 0 Å². The van der Waals surface area contributed by atoms with E-state index in [4.69, 9.17) is 13.0 Å². The fourth-order valence-electron chi connectivity index (χ4n) is 1.54. The second kappa shape index (κ2) is 9.54. The summed E-state index contributed by atoms with van der Waals surface area (Å²) in [6.45, 7) is 18.8. The third-order valence-corrected chi connectivity index (χ3v) is 2.94. The zero-order chi connectivity index (χ0) is 17.2. The van der Waals surface area contributed by atoms with Gasteiger partial charge in [-0.05, 0) is 24.3 Å². The van der Waals surface area contributed by atoms with Gasteiger partial charge in [-0.1, -0.05) is 26.3 Å². The van der Waals surface area contributed by atoms with Crippen LogP contribution in [0.25, 0.3) is 0 Å². The van der Waals surface area contributed by atoms with Crippen LogP contribution in [0, 0.1) is 0 Å². The van der Waals surface area contributed by atoms with E-state index in [0.29, 0.717) is 0 Å². The maximum atomic E-state index is 10.7. The highest BCUT2D eigenvalue weighted by molar-refractivity contribution is 7.86. The Labute approximate surface area is 123 Å². The number of halogens is 3. The van der Waals surface area contributed by atoms with Crippen molar-refractivity contribution in [1.82, 2.24) is 0 Å². The van der Waals surface area contributed by atoms with E-state index in [2.05, 4.69) is 26.3 Å². The first-order valence-electron chi connectivity index (χ1n) is 5.82. The van der Waals surface area contributed by atoms with Crippen LogP contribution < -0.4 is 0 Å². The summed E-state index contributed by atoms with van der Waals surface area (Å²) in [6, 6.07) is 0. The van der Waals surface area contributed by atoms with E-state index >= 15 is 0 Å². The van der Waals surface area contributed by atoms with Gasteiger partial charge in [-0.2, -0.15) is 21.6 Å². The molecule has 4 nitrogen and oxygen atoms in total. The first-order valence-corrected chi connectivity index (χ1v) is 7.26. The van der Waals surface area contributed by atoms with Gasteiger partial charge in [-0.15, -0.1) is 0 Å². The van der Waals surface area contributed by atoms with Crippen LogP contribution >= 0.6 is 0 Å². The zero-order valence-electron chi connectivity index (χ0n) is 11.7. The molecule has 0 aromatic carbocycles. The second-order valence-electron chi connectivity index (χ2n) is 4.15. The van der Waals surface area contributed by atoms with Gasteiger partial charge in [0.25, 0.3) is 0 Å². The predicted octanol–water partition coefficient (Wildman–Crippen LogP) is 2.94. The Balaban J connectivity index is 0. The molecular weight excluding hydrogens is 307 g/mol. The molecular formula is C13H21F3NO3S+. The SMILES string of the molecule is C=CC[N+](CC=C)(CC=C)CC=C.O=S(=O)(O)C(F)(F)F. The highest BCUT2D eigenvalue weighted by Crippen LogP contribution is 2.20. The average Bonchev–Trinajstić information content (AvgIpc) is 2.28. The minimum atomic E-state index is -5.84. The minimum absolute atomic E-state index is 0.903. The van der Waals surface area contributed by atoms with Crippen molar-refractivity contribution in [3.63, 3.8) is 0 Å². The predicted molar refractivity (Wildman–Crippen MR) is 78.1 cm³/mol. The van der Waals surface area contributed by atoms with Crippen molar-refractivity contribution in [2.24, 2.45) is 0 Å². The Bertz CT molecular complexity index is 410. The lowest BCUT2D eigenvalue weighted by molar-refractivity contribution is -0.906. The summed E-state index contributed by atoms with van der Waals surface area (Å²) in [7, 11) is -5.84. The van der Waals surface area contributed by atoms with Gasteiger partial charge < -0.3 is 4.48 Å². The summed E-state index contributed by atoms with van der Waals surface area (Å²) < 4.78 is 58.4. The molecule has 0 amide bonds. The Morgan fingerprint density at radius 1 is 0.857 bits per heavy atom. The van der Waals surface area contributed by atoms with Gasteiger partial charge in [0.15, 0.2) is 0 Å². The molecule has 21 heavy (non-hydrogen) atoms. The van der Waals surface area contributed by atoms with Crippen LogP contribution in [0.1, 0.15) is 0 Å². The van der Waals surface area contributed by atoms with Crippen molar-refractivity contribution in [3.8, 4) is 0 Å². The molecule has 0 aromatic rings. The summed E-state index contributed by atoms with van der Waals surface area (Å²) in [4.78, 5) is 0. The largest absolute Gasteiger partial charge is 0.522 e. The van der Waals surface area contributed by atoms with Gasteiger partial charge in [-0.25, -0.2) is 0 Å². The van der Waals surface area contributed by atoms with Crippen molar-refractivity contribution in [3.05, 3.63) is 50.6 Å². The van der Waals surface area contributed by atoms with Crippen LogP contribution in [0.3, 0.4) is 0 Å². The van der Waals surface area contributed by atoms with E-state index in [1.54, 1.807) is 0 Å². The maximum Gasteiger partial charge on any atom is 0.522 e. The minimum Gasteiger partial charge on any atom is -0.311 e. The van der Waals surface area contributed by atoms with E-state index in [-0.39, 0.29) is 0 Å². The summed E-state index contributed by atoms with van der Waals surface area (Å²) >= 11 is 0. The molecule has 0 radical (unpaired) electrons. The lowest BCUT2D eigenvalue weighted by Crippen LogP contribution is -2.48. The number of rotatable bonds is 8. The van der Waals surface area contributed by atoms with E-state index in [9.17, 15) is 13.2 Å². The topological polar surface area (TPSA) is 54.4 Å². The molecule has 0 aliphatic carbocycles. The normalized spacial score (nSPS) is 11.8. The Morgan fingerprint density at radius 3 is 1.14 bits per heavy atom. The molecule has 1 N–H and O–H groups in total. The molecule has 0 fully saturated rings. The third-order valence-electron chi connectivity index (χ3n) is 2.36. The van der Waals surface area contributed by atoms with Crippen molar-refractivity contribution in [2.75, 3.05) is 26.2 Å². The molecule has 0 atom stereocenters. The lowest BCUT2D eigenvalue weighted by Gasteiger charge is -2.35. The summed E-state index contributed by atoms with van der Waals surface area (Å²) in [6.07, 6.45) is 7.76. The van der Waals surface area contributed by atoms with Gasteiger partial charge in [0.1, 0.15) is 0 Å². The highest BCUT2D eigenvalue weighted by Gasteiger charge is 2.44. The van der Waals surface area contributed by atoms with Gasteiger partial charge in [0, 0.05) is 0 Å².